The van der Waals surface area contributed by atoms with E-state index in [0.29, 0.717) is 6.42 Å². The molecule has 0 amide bonds. The molecular formula is C34H55NO10. The number of cyclic esters (lactones) is 1. The first-order valence-corrected chi connectivity index (χ1v) is 16.0. The monoisotopic (exact) mass is 637 g/mol. The molecule has 1 fully saturated rings. The summed E-state index contributed by atoms with van der Waals surface area (Å²) < 4.78 is 24.3. The Bertz CT molecular complexity index is 1030. The third-order valence-electron chi connectivity index (χ3n) is 8.94. The van der Waals surface area contributed by atoms with E-state index in [-0.39, 0.29) is 38.3 Å². The van der Waals surface area contributed by atoms with Gasteiger partial charge in [-0.3, -0.25) is 9.59 Å². The van der Waals surface area contributed by atoms with E-state index in [2.05, 4.69) is 6.58 Å². The molecule has 11 heteroatoms. The lowest BCUT2D eigenvalue weighted by Crippen LogP contribution is -2.64. The number of ether oxygens (including phenoxy) is 4. The second-order valence-corrected chi connectivity index (χ2v) is 12.7. The number of hydrogen-bond donors (Lipinski definition) is 3. The van der Waals surface area contributed by atoms with E-state index in [1.807, 2.05) is 32.8 Å². The molecule has 0 aromatic rings. The summed E-state index contributed by atoms with van der Waals surface area (Å²) in [5.74, 6) is -3.09. The van der Waals surface area contributed by atoms with Crippen LogP contribution in [-0.4, -0.2) is 115 Å². The number of esters is 1. The third kappa shape index (κ3) is 10.9. The molecule has 0 saturated carbocycles. The van der Waals surface area contributed by atoms with Crippen LogP contribution in [0.4, 0.5) is 0 Å². The summed E-state index contributed by atoms with van der Waals surface area (Å²) in [4.78, 5) is 40.0. The van der Waals surface area contributed by atoms with Crippen LogP contribution in [0.1, 0.15) is 60.3 Å². The minimum absolute atomic E-state index is 0.0169. The Kier molecular flexibility index (Phi) is 16.3. The van der Waals surface area contributed by atoms with Gasteiger partial charge in [0.2, 0.25) is 0 Å². The molecule has 3 N–H and O–H groups in total. The smallest absolute Gasteiger partial charge is 0.308 e. The van der Waals surface area contributed by atoms with Gasteiger partial charge in [0.05, 0.1) is 44.0 Å². The van der Waals surface area contributed by atoms with Crippen LogP contribution in [0.5, 0.6) is 0 Å². The highest BCUT2D eigenvalue weighted by atomic mass is 16.7. The highest BCUT2D eigenvalue weighted by molar-refractivity contribution is 5.91. The fourth-order valence-electron chi connectivity index (χ4n) is 6.32. The predicted molar refractivity (Wildman–Crippen MR) is 169 cm³/mol. The van der Waals surface area contributed by atoms with Crippen molar-refractivity contribution in [1.29, 1.82) is 0 Å². The number of aliphatic hydroxyl groups excluding tert-OH is 3. The Hall–Kier alpha value is -2.25. The second kappa shape index (κ2) is 18.8. The Morgan fingerprint density at radius 2 is 1.82 bits per heavy atom. The average molecular weight is 638 g/mol. The maximum absolute atomic E-state index is 13.2. The number of ketones is 1. The predicted octanol–water partition coefficient (Wildman–Crippen LogP) is 2.61. The molecule has 0 bridgehead atoms. The van der Waals surface area contributed by atoms with Gasteiger partial charge in [0.15, 0.2) is 12.1 Å². The number of likely N-dealkylation sites (N-methyl/N-ethyl adjacent to an activating group) is 1. The maximum atomic E-state index is 13.2. The molecule has 256 valence electrons. The van der Waals surface area contributed by atoms with Crippen molar-refractivity contribution in [2.45, 2.75) is 109 Å². The van der Waals surface area contributed by atoms with Crippen LogP contribution in [0.2, 0.25) is 0 Å². The van der Waals surface area contributed by atoms with Gasteiger partial charge < -0.3 is 44.0 Å². The van der Waals surface area contributed by atoms with Gasteiger partial charge in [-0.1, -0.05) is 44.6 Å². The van der Waals surface area contributed by atoms with Gasteiger partial charge in [-0.2, -0.15) is 0 Å². The Morgan fingerprint density at radius 3 is 2.40 bits per heavy atom. The lowest BCUT2D eigenvalue weighted by molar-refractivity contribution is -0.308. The van der Waals surface area contributed by atoms with Crippen molar-refractivity contribution in [3.63, 3.8) is 0 Å². The van der Waals surface area contributed by atoms with Crippen molar-refractivity contribution in [2.75, 3.05) is 27.3 Å². The Morgan fingerprint density at radius 1 is 1.13 bits per heavy atom. The minimum Gasteiger partial charge on any atom is -0.462 e. The first-order chi connectivity index (χ1) is 21.3. The number of allylic oxidation sites excluding steroid dienone is 3. The summed E-state index contributed by atoms with van der Waals surface area (Å²) >= 11 is 0. The largest absolute Gasteiger partial charge is 0.462 e. The Labute approximate surface area is 268 Å². The molecule has 0 spiro atoms. The van der Waals surface area contributed by atoms with E-state index >= 15 is 0 Å². The van der Waals surface area contributed by atoms with Gasteiger partial charge in [-0.25, -0.2) is 0 Å². The SMILES string of the molecule is C=CCO[C@H]1[C@H](N(C)C)[C@@H](O)[C@H](O[C@H]2[C@@H](CC=O)C[C@@H](C)C(=O)/C=C/C(C)=C/[C@H](CO)[C@@H](CC)OC(=O)C[C@@H](O)[C@@H]2C)O[C@@H]1C. The van der Waals surface area contributed by atoms with E-state index < -0.39 is 78.6 Å². The highest BCUT2D eigenvalue weighted by Gasteiger charge is 2.48. The van der Waals surface area contributed by atoms with Gasteiger partial charge in [0.25, 0.3) is 0 Å². The van der Waals surface area contributed by atoms with Crippen molar-refractivity contribution < 1.29 is 48.7 Å². The third-order valence-corrected chi connectivity index (χ3v) is 8.94. The molecule has 0 radical (unpaired) electrons. The molecule has 45 heavy (non-hydrogen) atoms. The van der Waals surface area contributed by atoms with Crippen LogP contribution < -0.4 is 0 Å². The summed E-state index contributed by atoms with van der Waals surface area (Å²) in [5.41, 5.74) is 0.721. The molecular weight excluding hydrogens is 582 g/mol. The quantitative estimate of drug-likeness (QED) is 0.184. The number of aliphatic hydroxyl groups is 3. The van der Waals surface area contributed by atoms with Crippen molar-refractivity contribution in [2.24, 2.45) is 23.7 Å². The zero-order valence-corrected chi connectivity index (χ0v) is 27.9. The van der Waals surface area contributed by atoms with Gasteiger partial charge in [-0.15, -0.1) is 6.58 Å². The number of carbonyl (C=O) groups is 3. The molecule has 1 saturated heterocycles. The number of rotatable bonds is 10. The minimum atomic E-state index is -1.25. The Balaban J connectivity index is 2.52. The summed E-state index contributed by atoms with van der Waals surface area (Å²) in [6.07, 6.45) is 1.50. The summed E-state index contributed by atoms with van der Waals surface area (Å²) in [7, 11) is 3.63. The van der Waals surface area contributed by atoms with Crippen LogP contribution >= 0.6 is 0 Å². The van der Waals surface area contributed by atoms with Crippen LogP contribution in [0, 0.1) is 23.7 Å². The van der Waals surface area contributed by atoms with E-state index in [1.165, 1.54) is 6.08 Å². The lowest BCUT2D eigenvalue weighted by atomic mass is 9.79. The number of hydrogen-bond acceptors (Lipinski definition) is 11. The normalized spacial score (nSPS) is 39.5. The molecule has 2 rings (SSSR count). The summed E-state index contributed by atoms with van der Waals surface area (Å²) in [6.45, 7) is 12.6. The number of aldehydes is 1. The lowest BCUT2D eigenvalue weighted by Gasteiger charge is -2.48. The first kappa shape index (κ1) is 38.9. The van der Waals surface area contributed by atoms with Crippen LogP contribution in [0.3, 0.4) is 0 Å². The molecule has 0 unspecified atom stereocenters. The number of carbonyl (C=O) groups excluding carboxylic acids is 3. The zero-order chi connectivity index (χ0) is 33.8. The molecule has 2 aliphatic rings. The molecule has 2 heterocycles. The summed E-state index contributed by atoms with van der Waals surface area (Å²) in [6, 6.07) is -0.517. The van der Waals surface area contributed by atoms with E-state index in [0.717, 1.165) is 11.9 Å². The van der Waals surface area contributed by atoms with E-state index in [1.54, 1.807) is 39.0 Å². The molecule has 0 aliphatic carbocycles. The van der Waals surface area contributed by atoms with Crippen LogP contribution in [0.15, 0.2) is 36.5 Å². The van der Waals surface area contributed by atoms with Gasteiger partial charge in [0.1, 0.15) is 24.6 Å². The van der Waals surface area contributed by atoms with Crippen molar-refractivity contribution in [1.82, 2.24) is 4.90 Å². The topological polar surface area (TPSA) is 152 Å². The van der Waals surface area contributed by atoms with Gasteiger partial charge >= 0.3 is 5.97 Å². The molecule has 12 atom stereocenters. The van der Waals surface area contributed by atoms with Gasteiger partial charge in [0, 0.05) is 24.2 Å². The fourth-order valence-corrected chi connectivity index (χ4v) is 6.32. The second-order valence-electron chi connectivity index (χ2n) is 12.7. The molecule has 0 aromatic carbocycles. The fraction of sp³-hybridized carbons (Fsp3) is 0.735. The van der Waals surface area contributed by atoms with Crippen molar-refractivity contribution in [3.05, 3.63) is 36.5 Å². The number of nitrogens with zero attached hydrogens (tertiary/aromatic N) is 1. The molecule has 0 aromatic heterocycles. The zero-order valence-electron chi connectivity index (χ0n) is 27.9. The van der Waals surface area contributed by atoms with Gasteiger partial charge in [-0.05, 0) is 52.8 Å². The molecule has 11 nitrogen and oxygen atoms in total. The standard InChI is InChI=1S/C34H55NO10/c1-9-15-42-33-23(6)43-34(31(41)30(33)35(7)8)45-32-22(5)27(39)18-29(40)44-28(10-2)25(19-37)16-20(3)11-12-26(38)21(4)17-24(32)13-14-36/h9,11-12,14,16,21-25,27-28,30-34,37,39,41H,1,10,13,15,17-19H2,2-8H3/b12-11+,20-16+/t21-,22+,23-,24+,25-,27-,28-,30-,31-,32-,33-,34+/m1/s1. The molecule has 2 aliphatic heterocycles. The van der Waals surface area contributed by atoms with Crippen LogP contribution in [0.25, 0.3) is 0 Å². The van der Waals surface area contributed by atoms with Crippen LogP contribution in [-0.2, 0) is 33.3 Å². The van der Waals surface area contributed by atoms with E-state index in [4.69, 9.17) is 18.9 Å². The maximum Gasteiger partial charge on any atom is 0.308 e. The van der Waals surface area contributed by atoms with Crippen molar-refractivity contribution in [3.8, 4) is 0 Å². The average Bonchev–Trinajstić information content (AvgIpc) is 2.99. The first-order valence-electron chi connectivity index (χ1n) is 16.0. The highest BCUT2D eigenvalue weighted by Crippen LogP contribution is 2.35. The van der Waals surface area contributed by atoms with E-state index in [9.17, 15) is 29.7 Å². The van der Waals surface area contributed by atoms with Crippen molar-refractivity contribution >= 4 is 18.0 Å². The summed E-state index contributed by atoms with van der Waals surface area (Å²) in [5, 5.41) is 32.9.